The van der Waals surface area contributed by atoms with Crippen LogP contribution in [0.1, 0.15) is 63.9 Å². The third kappa shape index (κ3) is 8.34. The first kappa shape index (κ1) is 17.5. The van der Waals surface area contributed by atoms with Gasteiger partial charge in [0, 0.05) is 0 Å². The second-order valence-electron chi connectivity index (χ2n) is 5.62. The predicted octanol–water partition coefficient (Wildman–Crippen LogP) is 5.54. The topological polar surface area (TPSA) is 37.3 Å². The molecule has 0 aromatic heterocycles. The molecule has 0 bridgehead atoms. The summed E-state index contributed by atoms with van der Waals surface area (Å²) in [5.41, 5.74) is 1.06. The van der Waals surface area contributed by atoms with Gasteiger partial charge in [0.15, 0.2) is 0 Å². The lowest BCUT2D eigenvalue weighted by Gasteiger charge is -2.07. The number of carbonyl (C=O) groups is 1. The minimum atomic E-state index is -0.715. The van der Waals surface area contributed by atoms with Gasteiger partial charge in [0.05, 0.1) is 5.92 Å². The SMILES string of the molecule is CCCCCCCCCC(/C=C/c1ccccc1)C(=O)O. The van der Waals surface area contributed by atoms with Gasteiger partial charge in [0.1, 0.15) is 0 Å². The molecule has 1 aromatic carbocycles. The Hall–Kier alpha value is -1.57. The van der Waals surface area contributed by atoms with Crippen molar-refractivity contribution >= 4 is 12.0 Å². The van der Waals surface area contributed by atoms with Crippen LogP contribution in [0.25, 0.3) is 6.08 Å². The first-order valence-corrected chi connectivity index (χ1v) is 8.20. The van der Waals surface area contributed by atoms with Crippen LogP contribution >= 0.6 is 0 Å². The van der Waals surface area contributed by atoms with Crippen molar-refractivity contribution in [3.63, 3.8) is 0 Å². The zero-order chi connectivity index (χ0) is 15.3. The maximum Gasteiger partial charge on any atom is 0.310 e. The Morgan fingerprint density at radius 2 is 1.67 bits per heavy atom. The normalized spacial score (nSPS) is 12.6. The van der Waals surface area contributed by atoms with Crippen LogP contribution in [-0.4, -0.2) is 11.1 Å². The third-order valence-corrected chi connectivity index (χ3v) is 3.76. The highest BCUT2D eigenvalue weighted by molar-refractivity contribution is 5.73. The van der Waals surface area contributed by atoms with Gasteiger partial charge >= 0.3 is 5.97 Å². The molecule has 21 heavy (non-hydrogen) atoms. The van der Waals surface area contributed by atoms with Gasteiger partial charge in [-0.2, -0.15) is 0 Å². The Morgan fingerprint density at radius 1 is 1.05 bits per heavy atom. The summed E-state index contributed by atoms with van der Waals surface area (Å²) < 4.78 is 0. The number of hydrogen-bond acceptors (Lipinski definition) is 1. The van der Waals surface area contributed by atoms with E-state index in [0.29, 0.717) is 0 Å². The number of rotatable bonds is 11. The van der Waals surface area contributed by atoms with Gasteiger partial charge in [-0.05, 0) is 12.0 Å². The first-order valence-electron chi connectivity index (χ1n) is 8.20. The van der Waals surface area contributed by atoms with Crippen LogP contribution in [0.4, 0.5) is 0 Å². The van der Waals surface area contributed by atoms with Gasteiger partial charge in [-0.3, -0.25) is 4.79 Å². The number of carboxylic acids is 1. The van der Waals surface area contributed by atoms with E-state index in [1.54, 1.807) is 0 Å². The van der Waals surface area contributed by atoms with Crippen LogP contribution in [0.2, 0.25) is 0 Å². The minimum absolute atomic E-state index is 0.360. The van der Waals surface area contributed by atoms with Crippen molar-refractivity contribution in [2.45, 2.75) is 58.3 Å². The molecule has 0 aliphatic carbocycles. The summed E-state index contributed by atoms with van der Waals surface area (Å²) in [6.07, 6.45) is 13.0. The van der Waals surface area contributed by atoms with Crippen molar-refractivity contribution in [2.24, 2.45) is 5.92 Å². The molecule has 116 valence electrons. The van der Waals surface area contributed by atoms with E-state index in [1.807, 2.05) is 42.5 Å². The molecule has 0 saturated carbocycles. The zero-order valence-corrected chi connectivity index (χ0v) is 13.1. The highest BCUT2D eigenvalue weighted by Gasteiger charge is 2.12. The largest absolute Gasteiger partial charge is 0.481 e. The smallest absolute Gasteiger partial charge is 0.310 e. The molecule has 0 heterocycles. The fraction of sp³-hybridized carbons (Fsp3) is 0.526. The molecule has 1 N–H and O–H groups in total. The molecule has 0 radical (unpaired) electrons. The van der Waals surface area contributed by atoms with Crippen LogP contribution in [0.5, 0.6) is 0 Å². The third-order valence-electron chi connectivity index (χ3n) is 3.76. The number of benzene rings is 1. The highest BCUT2D eigenvalue weighted by atomic mass is 16.4. The molecule has 0 saturated heterocycles. The van der Waals surface area contributed by atoms with E-state index in [-0.39, 0.29) is 5.92 Å². The highest BCUT2D eigenvalue weighted by Crippen LogP contribution is 2.15. The van der Waals surface area contributed by atoms with Crippen molar-refractivity contribution in [1.82, 2.24) is 0 Å². The zero-order valence-electron chi connectivity index (χ0n) is 13.1. The molecule has 1 aromatic rings. The van der Waals surface area contributed by atoms with E-state index in [2.05, 4.69) is 6.92 Å². The van der Waals surface area contributed by atoms with Crippen molar-refractivity contribution in [1.29, 1.82) is 0 Å². The molecule has 0 fully saturated rings. The molecular weight excluding hydrogens is 260 g/mol. The molecular formula is C19H28O2. The van der Waals surface area contributed by atoms with Crippen molar-refractivity contribution in [3.05, 3.63) is 42.0 Å². The quantitative estimate of drug-likeness (QED) is 0.543. The summed E-state index contributed by atoms with van der Waals surface area (Å²) in [5, 5.41) is 9.27. The Morgan fingerprint density at radius 3 is 2.29 bits per heavy atom. The van der Waals surface area contributed by atoms with Crippen LogP contribution in [0, 0.1) is 5.92 Å². The summed E-state index contributed by atoms with van der Waals surface area (Å²) in [5.74, 6) is -1.07. The van der Waals surface area contributed by atoms with E-state index in [1.165, 1.54) is 32.1 Å². The van der Waals surface area contributed by atoms with Gasteiger partial charge < -0.3 is 5.11 Å². The molecule has 1 atom stereocenters. The minimum Gasteiger partial charge on any atom is -0.481 e. The second kappa shape index (κ2) is 11.1. The predicted molar refractivity (Wildman–Crippen MR) is 89.2 cm³/mol. The molecule has 1 unspecified atom stereocenters. The van der Waals surface area contributed by atoms with E-state index in [9.17, 15) is 9.90 Å². The maximum absolute atomic E-state index is 11.3. The van der Waals surface area contributed by atoms with Crippen LogP contribution in [0.15, 0.2) is 36.4 Å². The number of aliphatic carboxylic acids is 1. The van der Waals surface area contributed by atoms with Gasteiger partial charge in [-0.1, -0.05) is 94.4 Å². The molecule has 0 spiro atoms. The number of carboxylic acid groups (broad SMARTS) is 1. The number of unbranched alkanes of at least 4 members (excludes halogenated alkanes) is 6. The van der Waals surface area contributed by atoms with Gasteiger partial charge in [0.25, 0.3) is 0 Å². The van der Waals surface area contributed by atoms with Crippen LogP contribution in [0.3, 0.4) is 0 Å². The fourth-order valence-electron chi connectivity index (χ4n) is 2.41. The monoisotopic (exact) mass is 288 g/mol. The van der Waals surface area contributed by atoms with Crippen molar-refractivity contribution in [3.8, 4) is 0 Å². The molecule has 1 rings (SSSR count). The van der Waals surface area contributed by atoms with Gasteiger partial charge in [-0.15, -0.1) is 0 Å². The molecule has 2 heteroatoms. The maximum atomic E-state index is 11.3. The molecule has 0 aliphatic heterocycles. The van der Waals surface area contributed by atoms with Crippen LogP contribution < -0.4 is 0 Å². The summed E-state index contributed by atoms with van der Waals surface area (Å²) in [6.45, 7) is 2.22. The lowest BCUT2D eigenvalue weighted by molar-refractivity contribution is -0.140. The first-order chi connectivity index (χ1) is 10.2. The molecule has 2 nitrogen and oxygen atoms in total. The molecule has 0 amide bonds. The Kier molecular flexibility index (Phi) is 9.26. The Bertz CT molecular complexity index is 409. The van der Waals surface area contributed by atoms with E-state index >= 15 is 0 Å². The van der Waals surface area contributed by atoms with Gasteiger partial charge in [-0.25, -0.2) is 0 Å². The second-order valence-corrected chi connectivity index (χ2v) is 5.62. The summed E-state index contributed by atoms with van der Waals surface area (Å²) >= 11 is 0. The average Bonchev–Trinajstić information content (AvgIpc) is 2.50. The lowest BCUT2D eigenvalue weighted by Crippen LogP contribution is -2.10. The lowest BCUT2D eigenvalue weighted by atomic mass is 9.99. The number of hydrogen-bond donors (Lipinski definition) is 1. The fourth-order valence-corrected chi connectivity index (χ4v) is 2.41. The molecule has 0 aliphatic rings. The standard InChI is InChI=1S/C19H28O2/c1-2-3-4-5-6-7-11-14-18(19(20)21)16-15-17-12-9-8-10-13-17/h8-10,12-13,15-16,18H,2-7,11,14H2,1H3,(H,20,21)/b16-15+. The Labute approximate surface area is 128 Å². The van der Waals surface area contributed by atoms with E-state index < -0.39 is 5.97 Å². The van der Waals surface area contributed by atoms with Crippen molar-refractivity contribution in [2.75, 3.05) is 0 Å². The summed E-state index contributed by atoms with van der Waals surface area (Å²) in [4.78, 5) is 11.3. The van der Waals surface area contributed by atoms with Gasteiger partial charge in [0.2, 0.25) is 0 Å². The summed E-state index contributed by atoms with van der Waals surface area (Å²) in [7, 11) is 0. The average molecular weight is 288 g/mol. The van der Waals surface area contributed by atoms with Crippen LogP contribution in [-0.2, 0) is 4.79 Å². The summed E-state index contributed by atoms with van der Waals surface area (Å²) in [6, 6.07) is 9.87. The van der Waals surface area contributed by atoms with E-state index in [0.717, 1.165) is 24.8 Å². The van der Waals surface area contributed by atoms with E-state index in [4.69, 9.17) is 0 Å². The van der Waals surface area contributed by atoms with Crippen molar-refractivity contribution < 1.29 is 9.90 Å². The Balaban J connectivity index is 2.27.